The molecule has 1 aliphatic carbocycles. The van der Waals surface area contributed by atoms with Crippen LogP contribution in [0.1, 0.15) is 6.42 Å². The molecule has 1 heterocycles. The van der Waals surface area contributed by atoms with Crippen LogP contribution < -0.4 is 0 Å². The second-order valence-electron chi connectivity index (χ2n) is 3.65. The predicted octanol–water partition coefficient (Wildman–Crippen LogP) is 2.16. The number of ether oxygens (including phenoxy) is 4. The normalized spacial score (nSPS) is 26.9. The molecule has 1 unspecified atom stereocenters. The van der Waals surface area contributed by atoms with Crippen molar-refractivity contribution in [3.8, 4) is 0 Å². The Kier molecular flexibility index (Phi) is 3.89. The molecular weight excluding hydrogens is 276 g/mol. The zero-order valence-electron chi connectivity index (χ0n) is 9.36. The topological polar surface area (TPSA) is 36.9 Å². The van der Waals surface area contributed by atoms with Gasteiger partial charge in [0.2, 0.25) is 0 Å². The first kappa shape index (κ1) is 12.0. The molecule has 0 aromatic heterocycles. The van der Waals surface area contributed by atoms with E-state index >= 15 is 0 Å². The first-order chi connectivity index (χ1) is 7.76. The van der Waals surface area contributed by atoms with E-state index in [-0.39, 0.29) is 12.2 Å². The third-order valence-corrected chi connectivity index (χ3v) is 3.56. The fourth-order valence-corrected chi connectivity index (χ4v) is 2.49. The highest BCUT2D eigenvalue weighted by atomic mass is 79.9. The van der Waals surface area contributed by atoms with Gasteiger partial charge in [-0.25, -0.2) is 0 Å². The molecule has 0 amide bonds. The average molecular weight is 291 g/mol. The van der Waals surface area contributed by atoms with Gasteiger partial charge in [-0.1, -0.05) is 15.9 Å². The van der Waals surface area contributed by atoms with Gasteiger partial charge >= 0.3 is 0 Å². The Morgan fingerprint density at radius 2 is 1.94 bits per heavy atom. The monoisotopic (exact) mass is 290 g/mol. The summed E-state index contributed by atoms with van der Waals surface area (Å²) in [5.74, 6) is 1.73. The van der Waals surface area contributed by atoms with Crippen LogP contribution in [0.3, 0.4) is 0 Å². The van der Waals surface area contributed by atoms with Crippen LogP contribution in [0.4, 0.5) is 0 Å². The van der Waals surface area contributed by atoms with Crippen LogP contribution in [0, 0.1) is 5.92 Å². The number of rotatable bonds is 3. The third kappa shape index (κ3) is 2.26. The Morgan fingerprint density at radius 3 is 2.50 bits per heavy atom. The molecule has 0 saturated carbocycles. The first-order valence-electron chi connectivity index (χ1n) is 5.17. The number of hydrogen-bond donors (Lipinski definition) is 0. The van der Waals surface area contributed by atoms with E-state index in [1.54, 1.807) is 14.2 Å². The summed E-state index contributed by atoms with van der Waals surface area (Å²) in [5, 5.41) is 0. The van der Waals surface area contributed by atoms with Gasteiger partial charge in [-0.3, -0.25) is 0 Å². The standard InChI is InChI=1S/C11H15BrO4/c1-13-9-5-7(11-15-3-4-16-11)8(12)6-10(9)14-2/h6-7,11H,3-5H2,1-2H3. The number of halogens is 1. The molecule has 1 atom stereocenters. The van der Waals surface area contributed by atoms with Crippen LogP contribution in [0.25, 0.3) is 0 Å². The molecule has 0 radical (unpaired) electrons. The van der Waals surface area contributed by atoms with Crippen LogP contribution in [0.15, 0.2) is 22.1 Å². The van der Waals surface area contributed by atoms with E-state index in [2.05, 4.69) is 15.9 Å². The molecule has 0 aromatic carbocycles. The first-order valence-corrected chi connectivity index (χ1v) is 5.97. The molecule has 5 heteroatoms. The summed E-state index contributed by atoms with van der Waals surface area (Å²) < 4.78 is 22.6. The van der Waals surface area contributed by atoms with Gasteiger partial charge in [-0.2, -0.15) is 0 Å². The summed E-state index contributed by atoms with van der Waals surface area (Å²) >= 11 is 3.53. The number of hydrogen-bond acceptors (Lipinski definition) is 4. The maximum absolute atomic E-state index is 5.51. The lowest BCUT2D eigenvalue weighted by Gasteiger charge is -2.27. The molecule has 1 fully saturated rings. The highest BCUT2D eigenvalue weighted by Gasteiger charge is 2.33. The summed E-state index contributed by atoms with van der Waals surface area (Å²) in [6.07, 6.45) is 2.45. The molecular formula is C11H15BrO4. The van der Waals surface area contributed by atoms with Gasteiger partial charge in [-0.05, 0) is 6.08 Å². The Labute approximate surface area is 103 Å². The van der Waals surface area contributed by atoms with Crippen LogP contribution in [0.2, 0.25) is 0 Å². The van der Waals surface area contributed by atoms with Crippen molar-refractivity contribution < 1.29 is 18.9 Å². The summed E-state index contributed by atoms with van der Waals surface area (Å²) in [4.78, 5) is 0. The van der Waals surface area contributed by atoms with Gasteiger partial charge in [0, 0.05) is 16.8 Å². The van der Waals surface area contributed by atoms with Gasteiger partial charge < -0.3 is 18.9 Å². The van der Waals surface area contributed by atoms with Crippen molar-refractivity contribution in [2.45, 2.75) is 12.7 Å². The Balaban J connectivity index is 2.15. The van der Waals surface area contributed by atoms with Crippen molar-refractivity contribution in [1.29, 1.82) is 0 Å². The zero-order chi connectivity index (χ0) is 11.5. The zero-order valence-corrected chi connectivity index (χ0v) is 11.0. The highest BCUT2D eigenvalue weighted by molar-refractivity contribution is 9.11. The minimum atomic E-state index is -0.186. The van der Waals surface area contributed by atoms with Crippen molar-refractivity contribution >= 4 is 15.9 Å². The van der Waals surface area contributed by atoms with E-state index < -0.39 is 0 Å². The summed E-state index contributed by atoms with van der Waals surface area (Å²) in [5.41, 5.74) is 0. The third-order valence-electron chi connectivity index (χ3n) is 2.75. The molecule has 0 aromatic rings. The largest absolute Gasteiger partial charge is 0.497 e. The minimum Gasteiger partial charge on any atom is -0.497 e. The fraction of sp³-hybridized carbons (Fsp3) is 0.636. The molecule has 0 N–H and O–H groups in total. The Bertz CT molecular complexity index is 318. The Hall–Kier alpha value is -0.520. The maximum atomic E-state index is 5.51. The maximum Gasteiger partial charge on any atom is 0.165 e. The van der Waals surface area contributed by atoms with E-state index in [4.69, 9.17) is 18.9 Å². The number of allylic oxidation sites excluding steroid dienone is 2. The summed E-state index contributed by atoms with van der Waals surface area (Å²) in [6.45, 7) is 1.31. The van der Waals surface area contributed by atoms with Gasteiger partial charge in [0.05, 0.1) is 27.4 Å². The van der Waals surface area contributed by atoms with E-state index in [0.29, 0.717) is 13.2 Å². The second kappa shape index (κ2) is 5.21. The van der Waals surface area contributed by atoms with Crippen molar-refractivity contribution in [3.63, 3.8) is 0 Å². The minimum absolute atomic E-state index is 0.149. The average Bonchev–Trinajstić information content (AvgIpc) is 2.82. The van der Waals surface area contributed by atoms with Crippen LogP contribution in [-0.4, -0.2) is 33.7 Å². The molecule has 1 saturated heterocycles. The van der Waals surface area contributed by atoms with Crippen molar-refractivity contribution in [1.82, 2.24) is 0 Å². The SMILES string of the molecule is COC1=C(OC)CC(C2OCCO2)C(Br)=C1. The van der Waals surface area contributed by atoms with Crippen LogP contribution in [0.5, 0.6) is 0 Å². The van der Waals surface area contributed by atoms with Crippen molar-refractivity contribution in [3.05, 3.63) is 22.1 Å². The van der Waals surface area contributed by atoms with Gasteiger partial charge in [0.25, 0.3) is 0 Å². The van der Waals surface area contributed by atoms with Crippen molar-refractivity contribution in [2.24, 2.45) is 5.92 Å². The lowest BCUT2D eigenvalue weighted by atomic mass is 9.97. The van der Waals surface area contributed by atoms with Gasteiger partial charge in [0.15, 0.2) is 12.0 Å². The van der Waals surface area contributed by atoms with Crippen LogP contribution >= 0.6 is 15.9 Å². The van der Waals surface area contributed by atoms with Crippen LogP contribution in [-0.2, 0) is 18.9 Å². The predicted molar refractivity (Wildman–Crippen MR) is 61.9 cm³/mol. The lowest BCUT2D eigenvalue weighted by molar-refractivity contribution is -0.0740. The van der Waals surface area contributed by atoms with E-state index in [1.807, 2.05) is 6.08 Å². The highest BCUT2D eigenvalue weighted by Crippen LogP contribution is 2.37. The molecule has 4 nitrogen and oxygen atoms in total. The second-order valence-corrected chi connectivity index (χ2v) is 4.56. The quantitative estimate of drug-likeness (QED) is 0.798. The summed E-state index contributed by atoms with van der Waals surface area (Å²) in [7, 11) is 3.28. The lowest BCUT2D eigenvalue weighted by Crippen LogP contribution is -2.25. The molecule has 0 bridgehead atoms. The summed E-state index contributed by atoms with van der Waals surface area (Å²) in [6, 6.07) is 0. The van der Waals surface area contributed by atoms with E-state index in [0.717, 1.165) is 22.4 Å². The molecule has 1 aliphatic heterocycles. The van der Waals surface area contributed by atoms with E-state index in [1.165, 1.54) is 0 Å². The smallest absolute Gasteiger partial charge is 0.165 e. The van der Waals surface area contributed by atoms with E-state index in [9.17, 15) is 0 Å². The molecule has 0 spiro atoms. The molecule has 16 heavy (non-hydrogen) atoms. The molecule has 2 aliphatic rings. The van der Waals surface area contributed by atoms with Crippen molar-refractivity contribution in [2.75, 3.05) is 27.4 Å². The number of methoxy groups -OCH3 is 2. The van der Waals surface area contributed by atoms with Gasteiger partial charge in [0.1, 0.15) is 5.76 Å². The molecule has 2 rings (SSSR count). The fourth-order valence-electron chi connectivity index (χ4n) is 1.90. The molecule has 90 valence electrons. The Morgan fingerprint density at radius 1 is 1.25 bits per heavy atom. The van der Waals surface area contributed by atoms with Gasteiger partial charge in [-0.15, -0.1) is 0 Å².